The van der Waals surface area contributed by atoms with Crippen molar-refractivity contribution in [2.45, 2.75) is 25.7 Å². The van der Waals surface area contributed by atoms with Crippen LogP contribution in [0, 0.1) is 0 Å². The summed E-state index contributed by atoms with van der Waals surface area (Å²) in [7, 11) is 1.32. The van der Waals surface area contributed by atoms with Crippen molar-refractivity contribution in [1.82, 2.24) is 9.80 Å². The van der Waals surface area contributed by atoms with Crippen LogP contribution in [0.3, 0.4) is 0 Å². The Labute approximate surface area is 99.3 Å². The molecule has 0 N–H and O–H groups in total. The number of urea groups is 1. The first kappa shape index (κ1) is 13.0. The van der Waals surface area contributed by atoms with Gasteiger partial charge >= 0.3 is 17.8 Å². The van der Waals surface area contributed by atoms with E-state index >= 15 is 0 Å². The number of rotatable bonds is 6. The van der Waals surface area contributed by atoms with Gasteiger partial charge in [0, 0.05) is 19.5 Å². The van der Waals surface area contributed by atoms with Crippen LogP contribution in [0.1, 0.15) is 25.7 Å². The van der Waals surface area contributed by atoms with E-state index in [0.29, 0.717) is 12.4 Å². The molecule has 0 saturated carbocycles. The molecule has 1 aliphatic heterocycles. The first-order valence-corrected chi connectivity index (χ1v) is 5.82. The highest BCUT2D eigenvalue weighted by Gasteiger charge is 2.41. The number of nitrogens with zero attached hydrogens (tertiary/aromatic N) is 2. The molecule has 0 bridgehead atoms. The molecule has 0 aromatic heterocycles. The Hall–Kier alpha value is -1.10. The van der Waals surface area contributed by atoms with Gasteiger partial charge in [-0.05, 0) is 12.8 Å². The quantitative estimate of drug-likeness (QED) is 0.306. The Bertz CT molecular complexity index is 306. The summed E-state index contributed by atoms with van der Waals surface area (Å²) in [5, 5.41) is 0. The second-order valence-electron chi connectivity index (χ2n) is 3.71. The highest BCUT2D eigenvalue weighted by Crippen LogP contribution is 2.11. The van der Waals surface area contributed by atoms with E-state index < -0.39 is 17.8 Å². The summed E-state index contributed by atoms with van der Waals surface area (Å²) in [5.41, 5.74) is 0. The second-order valence-corrected chi connectivity index (χ2v) is 4.08. The number of likely N-dealkylation sites (N-methyl/N-ethyl adjacent to an activating group) is 1. The Morgan fingerprint density at radius 1 is 1.00 bits per heavy atom. The minimum atomic E-state index is -0.745. The van der Waals surface area contributed by atoms with Crippen LogP contribution in [0.25, 0.3) is 0 Å². The fraction of sp³-hybridized carbons (Fsp3) is 0.700. The molecular formula is C10H15ClN2O3. The van der Waals surface area contributed by atoms with Crippen molar-refractivity contribution < 1.29 is 14.4 Å². The molecule has 0 aromatic carbocycles. The standard InChI is InChI=1S/C10H15ClN2O3/c1-12-8(14)9(15)13(10(12)16)7-5-3-2-4-6-11/h2-7H2,1H3. The van der Waals surface area contributed by atoms with Gasteiger partial charge in [0.25, 0.3) is 0 Å². The van der Waals surface area contributed by atoms with E-state index in [4.69, 9.17) is 11.6 Å². The SMILES string of the molecule is CN1C(=O)C(=O)N(CCCCCCCl)C1=O. The minimum absolute atomic E-state index is 0.316. The van der Waals surface area contributed by atoms with Crippen LogP contribution in [-0.2, 0) is 9.59 Å². The molecule has 1 fully saturated rings. The van der Waals surface area contributed by atoms with Crippen molar-refractivity contribution in [2.24, 2.45) is 0 Å². The number of amides is 4. The number of imide groups is 2. The van der Waals surface area contributed by atoms with E-state index in [1.807, 2.05) is 0 Å². The molecule has 0 radical (unpaired) electrons. The van der Waals surface area contributed by atoms with Crippen molar-refractivity contribution in [2.75, 3.05) is 19.5 Å². The average Bonchev–Trinajstić information content (AvgIpc) is 2.46. The maximum atomic E-state index is 11.4. The lowest BCUT2D eigenvalue weighted by Crippen LogP contribution is -2.32. The molecular weight excluding hydrogens is 232 g/mol. The third-order valence-electron chi connectivity index (χ3n) is 2.52. The summed E-state index contributed by atoms with van der Waals surface area (Å²) >= 11 is 5.52. The third-order valence-corrected chi connectivity index (χ3v) is 2.78. The maximum Gasteiger partial charge on any atom is 0.333 e. The van der Waals surface area contributed by atoms with Gasteiger partial charge in [0.1, 0.15) is 0 Å². The van der Waals surface area contributed by atoms with Gasteiger partial charge in [-0.1, -0.05) is 12.8 Å². The zero-order valence-corrected chi connectivity index (χ0v) is 10.00. The Balaban J connectivity index is 2.35. The normalized spacial score (nSPS) is 16.5. The molecule has 1 saturated heterocycles. The first-order chi connectivity index (χ1) is 7.59. The van der Waals surface area contributed by atoms with E-state index in [1.54, 1.807) is 0 Å². The molecule has 4 amide bonds. The lowest BCUT2D eigenvalue weighted by atomic mass is 10.2. The summed E-state index contributed by atoms with van der Waals surface area (Å²) in [6, 6.07) is -0.521. The first-order valence-electron chi connectivity index (χ1n) is 5.29. The van der Waals surface area contributed by atoms with E-state index in [0.717, 1.165) is 35.5 Å². The fourth-order valence-electron chi connectivity index (χ4n) is 1.53. The van der Waals surface area contributed by atoms with E-state index in [-0.39, 0.29) is 0 Å². The number of unbranched alkanes of at least 4 members (excludes halogenated alkanes) is 3. The van der Waals surface area contributed by atoms with Crippen LogP contribution < -0.4 is 0 Å². The van der Waals surface area contributed by atoms with Gasteiger partial charge in [0.05, 0.1) is 0 Å². The second kappa shape index (κ2) is 5.84. The molecule has 1 aliphatic rings. The average molecular weight is 247 g/mol. The molecule has 6 heteroatoms. The Morgan fingerprint density at radius 2 is 1.62 bits per heavy atom. The van der Waals surface area contributed by atoms with Gasteiger partial charge in [-0.15, -0.1) is 11.6 Å². The van der Waals surface area contributed by atoms with E-state index in [1.165, 1.54) is 7.05 Å². The number of hydrogen-bond acceptors (Lipinski definition) is 3. The molecule has 0 aliphatic carbocycles. The predicted octanol–water partition coefficient (Wildman–Crippen LogP) is 1.21. The van der Waals surface area contributed by atoms with Crippen LogP contribution >= 0.6 is 11.6 Å². The van der Waals surface area contributed by atoms with Crippen molar-refractivity contribution >= 4 is 29.4 Å². The molecule has 0 atom stereocenters. The predicted molar refractivity (Wildman–Crippen MR) is 59.1 cm³/mol. The monoisotopic (exact) mass is 246 g/mol. The highest BCUT2D eigenvalue weighted by molar-refractivity contribution is 6.44. The Kier molecular flexibility index (Phi) is 4.73. The summed E-state index contributed by atoms with van der Waals surface area (Å²) in [6.07, 6.45) is 3.53. The molecule has 1 heterocycles. The van der Waals surface area contributed by atoms with Crippen LogP contribution in [0.2, 0.25) is 0 Å². The van der Waals surface area contributed by atoms with Crippen molar-refractivity contribution in [3.63, 3.8) is 0 Å². The highest BCUT2D eigenvalue weighted by atomic mass is 35.5. The van der Waals surface area contributed by atoms with Crippen molar-refractivity contribution in [1.29, 1.82) is 0 Å². The van der Waals surface area contributed by atoms with Gasteiger partial charge < -0.3 is 0 Å². The minimum Gasteiger partial charge on any atom is -0.263 e. The van der Waals surface area contributed by atoms with Crippen LogP contribution in [0.4, 0.5) is 4.79 Å². The molecule has 0 unspecified atom stereocenters. The topological polar surface area (TPSA) is 57.7 Å². The van der Waals surface area contributed by atoms with Crippen LogP contribution in [0.5, 0.6) is 0 Å². The molecule has 90 valence electrons. The number of hydrogen-bond donors (Lipinski definition) is 0. The molecule has 5 nitrogen and oxygen atoms in total. The van der Waals surface area contributed by atoms with Gasteiger partial charge in [0.15, 0.2) is 0 Å². The number of alkyl halides is 1. The number of carbonyl (C=O) groups excluding carboxylic acids is 3. The summed E-state index contributed by atoms with van der Waals surface area (Å²) in [4.78, 5) is 35.8. The molecule has 0 spiro atoms. The van der Waals surface area contributed by atoms with Gasteiger partial charge in [0.2, 0.25) is 0 Å². The van der Waals surface area contributed by atoms with E-state index in [9.17, 15) is 14.4 Å². The zero-order chi connectivity index (χ0) is 12.1. The van der Waals surface area contributed by atoms with Gasteiger partial charge in [-0.25, -0.2) is 4.79 Å². The maximum absolute atomic E-state index is 11.4. The lowest BCUT2D eigenvalue weighted by molar-refractivity contribution is -0.142. The zero-order valence-electron chi connectivity index (χ0n) is 9.24. The lowest BCUT2D eigenvalue weighted by Gasteiger charge is -2.12. The summed E-state index contributed by atoms with van der Waals surface area (Å²) in [5.74, 6) is -0.835. The number of halogens is 1. The fourth-order valence-corrected chi connectivity index (χ4v) is 1.72. The summed E-state index contributed by atoms with van der Waals surface area (Å²) in [6.45, 7) is 0.316. The van der Waals surface area contributed by atoms with Crippen LogP contribution in [0.15, 0.2) is 0 Å². The molecule has 16 heavy (non-hydrogen) atoms. The van der Waals surface area contributed by atoms with Gasteiger partial charge in [-0.2, -0.15) is 0 Å². The van der Waals surface area contributed by atoms with E-state index in [2.05, 4.69) is 0 Å². The third kappa shape index (κ3) is 2.72. The summed E-state index contributed by atoms with van der Waals surface area (Å²) < 4.78 is 0. The van der Waals surface area contributed by atoms with Crippen molar-refractivity contribution in [3.05, 3.63) is 0 Å². The van der Waals surface area contributed by atoms with Gasteiger partial charge in [-0.3, -0.25) is 19.4 Å². The molecule has 1 rings (SSSR count). The van der Waals surface area contributed by atoms with Crippen molar-refractivity contribution in [3.8, 4) is 0 Å². The largest absolute Gasteiger partial charge is 0.333 e. The smallest absolute Gasteiger partial charge is 0.263 e. The number of carbonyl (C=O) groups is 3. The Morgan fingerprint density at radius 3 is 2.12 bits per heavy atom. The van der Waals surface area contributed by atoms with Crippen LogP contribution in [-0.4, -0.2) is 47.1 Å². The molecule has 0 aromatic rings.